The van der Waals surface area contributed by atoms with Crippen LogP contribution in [0.15, 0.2) is 28.7 Å². The van der Waals surface area contributed by atoms with Gasteiger partial charge in [0, 0.05) is 10.6 Å². The van der Waals surface area contributed by atoms with Gasteiger partial charge in [-0.05, 0) is 13.0 Å². The quantitative estimate of drug-likeness (QED) is 0.508. The number of aromatic amines is 1. The zero-order chi connectivity index (χ0) is 10.8. The molecule has 0 radical (unpaired) electrons. The van der Waals surface area contributed by atoms with E-state index >= 15 is 0 Å². The maximum absolute atomic E-state index is 11.6. The summed E-state index contributed by atoms with van der Waals surface area (Å²) in [5, 5.41) is 1.34. The third kappa shape index (κ3) is 2.13. The lowest BCUT2D eigenvalue weighted by molar-refractivity contribution is 0.982. The van der Waals surface area contributed by atoms with Gasteiger partial charge < -0.3 is 4.98 Å². The van der Waals surface area contributed by atoms with Crippen LogP contribution in [-0.4, -0.2) is 15.7 Å². The van der Waals surface area contributed by atoms with Crippen molar-refractivity contribution in [3.8, 4) is 0 Å². The first-order valence-corrected chi connectivity index (χ1v) is 6.25. The SMILES string of the molecule is C=CCSc1nc2sc(C)cc2c(=O)[nH]1. The Balaban J connectivity index is 2.51. The number of thiophene rings is 1. The summed E-state index contributed by atoms with van der Waals surface area (Å²) in [6.07, 6.45) is 1.79. The Kier molecular flexibility index (Phi) is 2.93. The molecule has 0 fully saturated rings. The Morgan fingerprint density at radius 2 is 2.53 bits per heavy atom. The molecule has 0 spiro atoms. The van der Waals surface area contributed by atoms with Gasteiger partial charge in [0.2, 0.25) is 0 Å². The maximum Gasteiger partial charge on any atom is 0.260 e. The van der Waals surface area contributed by atoms with Gasteiger partial charge in [0.25, 0.3) is 5.56 Å². The van der Waals surface area contributed by atoms with Crippen LogP contribution >= 0.6 is 23.1 Å². The Labute approximate surface area is 95.2 Å². The third-order valence-corrected chi connectivity index (χ3v) is 3.66. The number of aromatic nitrogens is 2. The maximum atomic E-state index is 11.6. The van der Waals surface area contributed by atoms with Gasteiger partial charge in [-0.15, -0.1) is 17.9 Å². The molecule has 0 aliphatic rings. The van der Waals surface area contributed by atoms with Crippen LogP contribution in [0.3, 0.4) is 0 Å². The van der Waals surface area contributed by atoms with Crippen LogP contribution in [0, 0.1) is 6.92 Å². The number of fused-ring (bicyclic) bond motifs is 1. The van der Waals surface area contributed by atoms with E-state index in [2.05, 4.69) is 16.5 Å². The van der Waals surface area contributed by atoms with E-state index in [1.54, 1.807) is 17.4 Å². The molecule has 0 saturated heterocycles. The molecule has 15 heavy (non-hydrogen) atoms. The number of nitrogens with one attached hydrogen (secondary N) is 1. The molecule has 2 heterocycles. The van der Waals surface area contributed by atoms with Crippen LogP contribution in [-0.2, 0) is 0 Å². The van der Waals surface area contributed by atoms with Gasteiger partial charge in [0.05, 0.1) is 5.39 Å². The summed E-state index contributed by atoms with van der Waals surface area (Å²) in [4.78, 5) is 20.7. The number of hydrogen-bond donors (Lipinski definition) is 1. The molecule has 78 valence electrons. The Bertz CT molecular complexity index is 556. The summed E-state index contributed by atoms with van der Waals surface area (Å²) >= 11 is 3.02. The van der Waals surface area contributed by atoms with Crippen molar-refractivity contribution in [1.82, 2.24) is 9.97 Å². The average molecular weight is 238 g/mol. The van der Waals surface area contributed by atoms with Crippen molar-refractivity contribution >= 4 is 33.3 Å². The fraction of sp³-hybridized carbons (Fsp3) is 0.200. The first kappa shape index (κ1) is 10.4. The molecule has 1 N–H and O–H groups in total. The van der Waals surface area contributed by atoms with E-state index in [1.165, 1.54) is 11.8 Å². The first-order valence-electron chi connectivity index (χ1n) is 4.45. The number of thioether (sulfide) groups is 1. The highest BCUT2D eigenvalue weighted by molar-refractivity contribution is 7.99. The third-order valence-electron chi connectivity index (χ3n) is 1.84. The summed E-state index contributed by atoms with van der Waals surface area (Å²) < 4.78 is 0. The monoisotopic (exact) mass is 238 g/mol. The molecule has 3 nitrogen and oxygen atoms in total. The Morgan fingerprint density at radius 3 is 3.27 bits per heavy atom. The molecule has 2 aromatic heterocycles. The van der Waals surface area contributed by atoms with E-state index in [1.807, 2.05) is 13.0 Å². The number of hydrogen-bond acceptors (Lipinski definition) is 4. The van der Waals surface area contributed by atoms with Crippen LogP contribution in [0.1, 0.15) is 4.88 Å². The van der Waals surface area contributed by atoms with Crippen LogP contribution in [0.25, 0.3) is 10.2 Å². The molecular weight excluding hydrogens is 228 g/mol. The average Bonchev–Trinajstić information content (AvgIpc) is 2.56. The predicted octanol–water partition coefficient (Wildman–Crippen LogP) is 2.57. The second-order valence-corrected chi connectivity index (χ2v) is 5.29. The topological polar surface area (TPSA) is 45.8 Å². The van der Waals surface area contributed by atoms with Crippen molar-refractivity contribution in [2.75, 3.05) is 5.75 Å². The molecule has 2 aromatic rings. The van der Waals surface area contributed by atoms with E-state index in [-0.39, 0.29) is 5.56 Å². The van der Waals surface area contributed by atoms with E-state index in [4.69, 9.17) is 0 Å². The number of H-pyrrole nitrogens is 1. The first-order chi connectivity index (χ1) is 7.20. The van der Waals surface area contributed by atoms with Gasteiger partial charge in [-0.1, -0.05) is 17.8 Å². The molecule has 5 heteroatoms. The lowest BCUT2D eigenvalue weighted by Gasteiger charge is -1.96. The molecule has 0 aliphatic heterocycles. The minimum Gasteiger partial charge on any atom is -0.301 e. The van der Waals surface area contributed by atoms with Crippen molar-refractivity contribution in [3.05, 3.63) is 34.0 Å². The molecule has 0 aliphatic carbocycles. The smallest absolute Gasteiger partial charge is 0.260 e. The molecule has 0 amide bonds. The number of aryl methyl sites for hydroxylation is 1. The summed E-state index contributed by atoms with van der Waals surface area (Å²) in [5.41, 5.74) is -0.0593. The van der Waals surface area contributed by atoms with Gasteiger partial charge >= 0.3 is 0 Å². The molecule has 0 aromatic carbocycles. The lowest BCUT2D eigenvalue weighted by atomic mass is 10.4. The van der Waals surface area contributed by atoms with E-state index in [0.29, 0.717) is 10.5 Å². The highest BCUT2D eigenvalue weighted by Gasteiger charge is 2.06. The van der Waals surface area contributed by atoms with Crippen LogP contribution < -0.4 is 5.56 Å². The summed E-state index contributed by atoms with van der Waals surface area (Å²) in [6.45, 7) is 5.60. The summed E-state index contributed by atoms with van der Waals surface area (Å²) in [6, 6.07) is 1.87. The lowest BCUT2D eigenvalue weighted by Crippen LogP contribution is -2.07. The van der Waals surface area contributed by atoms with Crippen molar-refractivity contribution < 1.29 is 0 Å². The molecule has 0 atom stereocenters. The second kappa shape index (κ2) is 4.20. The summed E-state index contributed by atoms with van der Waals surface area (Å²) in [7, 11) is 0. The Hall–Kier alpha value is -1.07. The number of nitrogens with zero attached hydrogens (tertiary/aromatic N) is 1. The number of rotatable bonds is 3. The zero-order valence-corrected chi connectivity index (χ0v) is 9.87. The predicted molar refractivity (Wildman–Crippen MR) is 65.9 cm³/mol. The van der Waals surface area contributed by atoms with Crippen molar-refractivity contribution in [2.45, 2.75) is 12.1 Å². The van der Waals surface area contributed by atoms with Gasteiger partial charge in [-0.2, -0.15) is 0 Å². The van der Waals surface area contributed by atoms with Gasteiger partial charge in [0.1, 0.15) is 4.83 Å². The molecular formula is C10H10N2OS2. The molecule has 0 saturated carbocycles. The van der Waals surface area contributed by atoms with Crippen molar-refractivity contribution in [1.29, 1.82) is 0 Å². The van der Waals surface area contributed by atoms with E-state index in [0.717, 1.165) is 15.5 Å². The normalized spacial score (nSPS) is 10.7. The summed E-state index contributed by atoms with van der Waals surface area (Å²) in [5.74, 6) is 0.749. The van der Waals surface area contributed by atoms with Crippen molar-refractivity contribution in [3.63, 3.8) is 0 Å². The molecule has 0 bridgehead atoms. The fourth-order valence-electron chi connectivity index (χ4n) is 1.24. The Morgan fingerprint density at radius 1 is 1.73 bits per heavy atom. The highest BCUT2D eigenvalue weighted by Crippen LogP contribution is 2.22. The van der Waals surface area contributed by atoms with E-state index < -0.39 is 0 Å². The standard InChI is InChI=1S/C10H10N2OS2/c1-3-4-14-10-11-8(13)7-5-6(2)15-9(7)12-10/h3,5H,1,4H2,2H3,(H,11,12,13). The molecule has 0 unspecified atom stereocenters. The largest absolute Gasteiger partial charge is 0.301 e. The fourth-order valence-corrected chi connectivity index (χ4v) is 2.77. The van der Waals surface area contributed by atoms with Gasteiger partial charge in [0.15, 0.2) is 5.16 Å². The van der Waals surface area contributed by atoms with E-state index in [9.17, 15) is 4.79 Å². The van der Waals surface area contributed by atoms with Gasteiger partial charge in [-0.3, -0.25) is 4.79 Å². The second-order valence-electron chi connectivity index (χ2n) is 3.05. The van der Waals surface area contributed by atoms with Crippen LogP contribution in [0.5, 0.6) is 0 Å². The van der Waals surface area contributed by atoms with Crippen molar-refractivity contribution in [2.24, 2.45) is 0 Å². The van der Waals surface area contributed by atoms with Crippen LogP contribution in [0.4, 0.5) is 0 Å². The minimum atomic E-state index is -0.0593. The molecule has 2 rings (SSSR count). The van der Waals surface area contributed by atoms with Crippen LogP contribution in [0.2, 0.25) is 0 Å². The van der Waals surface area contributed by atoms with Gasteiger partial charge in [-0.25, -0.2) is 4.98 Å². The zero-order valence-electron chi connectivity index (χ0n) is 8.24. The highest BCUT2D eigenvalue weighted by atomic mass is 32.2. The minimum absolute atomic E-state index is 0.0593.